The maximum absolute atomic E-state index is 12.3. The van der Waals surface area contributed by atoms with E-state index in [0.29, 0.717) is 39.3 Å². The lowest BCUT2D eigenvalue weighted by Crippen LogP contribution is -2.51. The molecule has 1 amide bonds. The van der Waals surface area contributed by atoms with Crippen LogP contribution in [0.4, 0.5) is 0 Å². The minimum atomic E-state index is -3.36. The van der Waals surface area contributed by atoms with Gasteiger partial charge in [-0.25, -0.2) is 8.42 Å². The predicted octanol–water partition coefficient (Wildman–Crippen LogP) is -0.00820. The van der Waals surface area contributed by atoms with Gasteiger partial charge < -0.3 is 9.64 Å². The van der Waals surface area contributed by atoms with E-state index in [1.165, 1.54) is 4.31 Å². The number of amides is 1. The van der Waals surface area contributed by atoms with E-state index in [-0.39, 0.29) is 10.6 Å². The average Bonchev–Trinajstić information content (AvgIpc) is 2.89. The van der Waals surface area contributed by atoms with Crippen molar-refractivity contribution < 1.29 is 17.9 Å². The first-order valence-corrected chi connectivity index (χ1v) is 8.71. The van der Waals surface area contributed by atoms with Gasteiger partial charge in [-0.3, -0.25) is 4.79 Å². The maximum Gasteiger partial charge on any atom is 0.241 e. The molecular weight excluding hydrogens is 324 g/mol. The van der Waals surface area contributed by atoms with Gasteiger partial charge >= 0.3 is 0 Å². The number of ether oxygens (including phenoxy) is 1. The summed E-state index contributed by atoms with van der Waals surface area (Å²) >= 11 is 2.98. The van der Waals surface area contributed by atoms with Crippen molar-refractivity contribution in [2.75, 3.05) is 37.5 Å². The summed E-state index contributed by atoms with van der Waals surface area (Å²) < 4.78 is 30.2. The van der Waals surface area contributed by atoms with E-state index in [1.807, 2.05) is 0 Å². The lowest BCUT2D eigenvalue weighted by molar-refractivity contribution is -0.138. The van der Waals surface area contributed by atoms with Crippen molar-refractivity contribution in [1.29, 1.82) is 0 Å². The molecule has 0 aromatic rings. The summed E-state index contributed by atoms with van der Waals surface area (Å²) in [7, 11) is -3.36. The summed E-state index contributed by atoms with van der Waals surface area (Å²) in [5, 5.41) is 0. The second kappa shape index (κ2) is 5.85. The molecule has 2 heterocycles. The van der Waals surface area contributed by atoms with Gasteiger partial charge in [0.15, 0.2) is 0 Å². The summed E-state index contributed by atoms with van der Waals surface area (Å²) in [6.07, 6.45) is 1.36. The molecule has 0 aliphatic carbocycles. The number of nitrogens with zero attached hydrogens (tertiary/aromatic N) is 2. The van der Waals surface area contributed by atoms with Crippen molar-refractivity contribution in [3.63, 3.8) is 0 Å². The Morgan fingerprint density at radius 3 is 2.56 bits per heavy atom. The van der Waals surface area contributed by atoms with Gasteiger partial charge in [0.05, 0.1) is 13.2 Å². The SMILES string of the molecule is O=C(C1CCCN1S(=O)(=O)CBr)N1CCOCC1. The zero-order valence-electron chi connectivity index (χ0n) is 10.0. The number of hydrogen-bond acceptors (Lipinski definition) is 4. The highest BCUT2D eigenvalue weighted by atomic mass is 79.9. The second-order valence-electron chi connectivity index (χ2n) is 4.43. The second-order valence-corrected chi connectivity index (χ2v) is 7.65. The number of morpholine rings is 1. The molecule has 2 saturated heterocycles. The molecule has 18 heavy (non-hydrogen) atoms. The molecule has 2 aliphatic heterocycles. The molecule has 2 rings (SSSR count). The van der Waals surface area contributed by atoms with Gasteiger partial charge in [0, 0.05) is 19.6 Å². The van der Waals surface area contributed by atoms with Crippen molar-refractivity contribution in [2.45, 2.75) is 18.9 Å². The molecule has 2 aliphatic rings. The Morgan fingerprint density at radius 1 is 1.28 bits per heavy atom. The van der Waals surface area contributed by atoms with E-state index in [2.05, 4.69) is 15.9 Å². The molecule has 0 spiro atoms. The summed E-state index contributed by atoms with van der Waals surface area (Å²) in [5.41, 5.74) is 0. The number of halogens is 1. The van der Waals surface area contributed by atoms with Crippen LogP contribution in [-0.2, 0) is 19.6 Å². The zero-order chi connectivity index (χ0) is 13.2. The van der Waals surface area contributed by atoms with Crippen LogP contribution in [-0.4, -0.2) is 67.1 Å². The fourth-order valence-electron chi connectivity index (χ4n) is 2.38. The molecular formula is C10H17BrN2O4S. The van der Waals surface area contributed by atoms with E-state index in [0.717, 1.165) is 6.42 Å². The number of carbonyl (C=O) groups is 1. The number of carbonyl (C=O) groups excluding carboxylic acids is 1. The fourth-order valence-corrected chi connectivity index (χ4v) is 4.28. The van der Waals surface area contributed by atoms with E-state index >= 15 is 0 Å². The highest BCUT2D eigenvalue weighted by molar-refractivity contribution is 9.10. The van der Waals surface area contributed by atoms with Crippen LogP contribution >= 0.6 is 15.9 Å². The number of rotatable bonds is 3. The van der Waals surface area contributed by atoms with Crippen LogP contribution in [0.15, 0.2) is 0 Å². The van der Waals surface area contributed by atoms with Crippen molar-refractivity contribution in [1.82, 2.24) is 9.21 Å². The average molecular weight is 341 g/mol. The Bertz CT molecular complexity index is 408. The quantitative estimate of drug-likeness (QED) is 0.678. The van der Waals surface area contributed by atoms with Gasteiger partial charge in [-0.05, 0) is 12.8 Å². The normalized spacial score (nSPS) is 26.5. The smallest absolute Gasteiger partial charge is 0.241 e. The van der Waals surface area contributed by atoms with Crippen LogP contribution in [0.25, 0.3) is 0 Å². The Kier molecular flexibility index (Phi) is 4.63. The lowest BCUT2D eigenvalue weighted by Gasteiger charge is -2.31. The molecule has 6 nitrogen and oxygen atoms in total. The fraction of sp³-hybridized carbons (Fsp3) is 0.900. The summed E-state index contributed by atoms with van der Waals surface area (Å²) in [6, 6.07) is -0.523. The van der Waals surface area contributed by atoms with Gasteiger partial charge in [-0.2, -0.15) is 4.31 Å². The summed E-state index contributed by atoms with van der Waals surface area (Å²) in [5.74, 6) is -0.0830. The Labute approximate surface area is 115 Å². The van der Waals surface area contributed by atoms with Crippen molar-refractivity contribution in [2.24, 2.45) is 0 Å². The molecule has 0 saturated carbocycles. The molecule has 1 unspecified atom stereocenters. The van der Waals surface area contributed by atoms with Crippen molar-refractivity contribution >= 4 is 31.9 Å². The molecule has 8 heteroatoms. The van der Waals surface area contributed by atoms with Crippen LogP contribution in [0.2, 0.25) is 0 Å². The highest BCUT2D eigenvalue weighted by Crippen LogP contribution is 2.24. The molecule has 104 valence electrons. The zero-order valence-corrected chi connectivity index (χ0v) is 12.5. The summed E-state index contributed by atoms with van der Waals surface area (Å²) in [6.45, 7) is 2.61. The van der Waals surface area contributed by atoms with Gasteiger partial charge in [-0.1, -0.05) is 15.9 Å². The van der Waals surface area contributed by atoms with Gasteiger partial charge in [0.25, 0.3) is 0 Å². The highest BCUT2D eigenvalue weighted by Gasteiger charge is 2.40. The largest absolute Gasteiger partial charge is 0.378 e. The van der Waals surface area contributed by atoms with Crippen molar-refractivity contribution in [3.05, 3.63) is 0 Å². The van der Waals surface area contributed by atoms with E-state index < -0.39 is 16.1 Å². The maximum atomic E-state index is 12.3. The Hall–Kier alpha value is -0.180. The number of alkyl halides is 1. The molecule has 0 aromatic carbocycles. The standard InChI is InChI=1S/C10H17BrN2O4S/c11-8-18(15,16)13-3-1-2-9(13)10(14)12-4-6-17-7-5-12/h9H,1-8H2. The third-order valence-corrected chi connectivity index (χ3v) is 6.47. The Morgan fingerprint density at radius 2 is 1.94 bits per heavy atom. The van der Waals surface area contributed by atoms with Crippen LogP contribution in [0.1, 0.15) is 12.8 Å². The first-order chi connectivity index (χ1) is 8.56. The van der Waals surface area contributed by atoms with Gasteiger partial charge in [-0.15, -0.1) is 0 Å². The first kappa shape index (κ1) is 14.2. The molecule has 0 aromatic heterocycles. The van der Waals surface area contributed by atoms with Crippen molar-refractivity contribution in [3.8, 4) is 0 Å². The van der Waals surface area contributed by atoms with Gasteiger partial charge in [0.2, 0.25) is 15.9 Å². The number of sulfonamides is 1. The van der Waals surface area contributed by atoms with Crippen LogP contribution in [0.5, 0.6) is 0 Å². The van der Waals surface area contributed by atoms with Crippen LogP contribution in [0.3, 0.4) is 0 Å². The third kappa shape index (κ3) is 2.87. The summed E-state index contributed by atoms with van der Waals surface area (Å²) in [4.78, 5) is 14.0. The topological polar surface area (TPSA) is 66.9 Å². The Balaban J connectivity index is 2.09. The van der Waals surface area contributed by atoms with Crippen LogP contribution in [0, 0.1) is 0 Å². The van der Waals surface area contributed by atoms with E-state index in [1.54, 1.807) is 4.90 Å². The molecule has 0 bridgehead atoms. The van der Waals surface area contributed by atoms with E-state index in [9.17, 15) is 13.2 Å². The van der Waals surface area contributed by atoms with E-state index in [4.69, 9.17) is 4.74 Å². The lowest BCUT2D eigenvalue weighted by atomic mass is 10.2. The minimum absolute atomic E-state index is 0.0830. The van der Waals surface area contributed by atoms with Crippen LogP contribution < -0.4 is 0 Å². The monoisotopic (exact) mass is 340 g/mol. The molecule has 0 N–H and O–H groups in total. The molecule has 0 radical (unpaired) electrons. The first-order valence-electron chi connectivity index (χ1n) is 5.98. The minimum Gasteiger partial charge on any atom is -0.378 e. The predicted molar refractivity (Wildman–Crippen MR) is 69.8 cm³/mol. The number of hydrogen-bond donors (Lipinski definition) is 0. The molecule has 2 fully saturated rings. The molecule has 1 atom stereocenters. The van der Waals surface area contributed by atoms with Gasteiger partial charge in [0.1, 0.15) is 10.7 Å². The third-order valence-electron chi connectivity index (χ3n) is 3.31.